The highest BCUT2D eigenvalue weighted by atomic mass is 16.5. The molecular weight excluding hydrogens is 434 g/mol. The Morgan fingerprint density at radius 2 is 1.74 bits per heavy atom. The van der Waals surface area contributed by atoms with Gasteiger partial charge in [-0.3, -0.25) is 14.5 Å². The maximum Gasteiger partial charge on any atom is 0.340 e. The number of pyridine rings is 1. The Kier molecular flexibility index (Phi) is 7.42. The van der Waals surface area contributed by atoms with Crippen LogP contribution in [0.15, 0.2) is 36.5 Å². The van der Waals surface area contributed by atoms with Crippen LogP contribution >= 0.6 is 0 Å². The molecule has 0 bridgehead atoms. The molecule has 0 radical (unpaired) electrons. The van der Waals surface area contributed by atoms with Crippen molar-refractivity contribution in [3.63, 3.8) is 0 Å². The van der Waals surface area contributed by atoms with Crippen LogP contribution in [0.25, 0.3) is 0 Å². The predicted octanol–water partition coefficient (Wildman–Crippen LogP) is 2.21. The summed E-state index contributed by atoms with van der Waals surface area (Å²) in [5.74, 6) is -0.151. The van der Waals surface area contributed by atoms with Crippen LogP contribution in [0.2, 0.25) is 0 Å². The highest BCUT2D eigenvalue weighted by Gasteiger charge is 2.24. The van der Waals surface area contributed by atoms with Crippen molar-refractivity contribution in [2.24, 2.45) is 0 Å². The predicted molar refractivity (Wildman–Crippen MR) is 129 cm³/mol. The number of piperazine rings is 1. The van der Waals surface area contributed by atoms with Crippen LogP contribution in [0.5, 0.6) is 0 Å². The maximum absolute atomic E-state index is 12.5. The molecule has 2 fully saturated rings. The zero-order valence-corrected chi connectivity index (χ0v) is 19.7. The summed E-state index contributed by atoms with van der Waals surface area (Å²) in [5.41, 5.74) is 3.22. The van der Waals surface area contributed by atoms with Gasteiger partial charge < -0.3 is 20.3 Å². The van der Waals surface area contributed by atoms with Gasteiger partial charge in [-0.05, 0) is 49.9 Å². The van der Waals surface area contributed by atoms with E-state index in [9.17, 15) is 14.4 Å². The van der Waals surface area contributed by atoms with Crippen LogP contribution in [-0.2, 0) is 14.3 Å². The number of hydrogen-bond acceptors (Lipinski definition) is 7. The molecule has 2 N–H and O–H groups in total. The van der Waals surface area contributed by atoms with E-state index in [-0.39, 0.29) is 25.0 Å². The fourth-order valence-electron chi connectivity index (χ4n) is 3.89. The molecule has 4 rings (SSSR count). The summed E-state index contributed by atoms with van der Waals surface area (Å²) < 4.78 is 5.19. The third-order valence-electron chi connectivity index (χ3n) is 6.09. The van der Waals surface area contributed by atoms with Gasteiger partial charge in [-0.2, -0.15) is 0 Å². The lowest BCUT2D eigenvalue weighted by atomic mass is 10.1. The number of carbonyl (C=O) groups excluding carboxylic acids is 3. The second kappa shape index (κ2) is 10.6. The van der Waals surface area contributed by atoms with Crippen LogP contribution < -0.4 is 10.6 Å². The van der Waals surface area contributed by atoms with Crippen LogP contribution in [0.4, 0.5) is 11.5 Å². The van der Waals surface area contributed by atoms with Gasteiger partial charge in [0.15, 0.2) is 6.61 Å². The molecule has 0 atom stereocenters. The zero-order chi connectivity index (χ0) is 24.1. The lowest BCUT2D eigenvalue weighted by Gasteiger charge is -2.34. The van der Waals surface area contributed by atoms with Crippen LogP contribution in [-0.4, -0.2) is 77.9 Å². The average molecular weight is 466 g/mol. The van der Waals surface area contributed by atoms with E-state index in [1.165, 1.54) is 6.20 Å². The summed E-state index contributed by atoms with van der Waals surface area (Å²) in [7, 11) is 0. The first kappa shape index (κ1) is 23.7. The molecule has 180 valence electrons. The summed E-state index contributed by atoms with van der Waals surface area (Å²) in [6, 6.07) is 9.78. The number of aryl methyl sites for hydroxylation is 2. The van der Waals surface area contributed by atoms with Crippen LogP contribution in [0.1, 0.15) is 34.3 Å². The molecule has 2 heterocycles. The van der Waals surface area contributed by atoms with Gasteiger partial charge in [-0.1, -0.05) is 18.2 Å². The molecule has 1 aliphatic heterocycles. The number of aromatic nitrogens is 1. The number of nitrogens with zero attached hydrogens (tertiary/aromatic N) is 3. The first-order valence-electron chi connectivity index (χ1n) is 11.6. The first-order valence-corrected chi connectivity index (χ1v) is 11.6. The molecule has 9 nitrogen and oxygen atoms in total. The van der Waals surface area contributed by atoms with Crippen molar-refractivity contribution in [2.75, 3.05) is 50.0 Å². The minimum atomic E-state index is -0.569. The van der Waals surface area contributed by atoms with Gasteiger partial charge in [0.25, 0.3) is 5.91 Å². The van der Waals surface area contributed by atoms with E-state index < -0.39 is 5.97 Å². The molecule has 1 aliphatic carbocycles. The number of anilines is 2. The summed E-state index contributed by atoms with van der Waals surface area (Å²) in [5, 5.41) is 6.25. The molecular formula is C25H31N5O4. The van der Waals surface area contributed by atoms with Crippen molar-refractivity contribution in [3.05, 3.63) is 53.2 Å². The quantitative estimate of drug-likeness (QED) is 0.576. The zero-order valence-electron chi connectivity index (χ0n) is 19.7. The molecule has 2 aromatic rings. The fourth-order valence-corrected chi connectivity index (χ4v) is 3.89. The van der Waals surface area contributed by atoms with Gasteiger partial charge in [0.1, 0.15) is 5.82 Å². The SMILES string of the molecule is Cc1cccc(C)c1NC(=O)CN1CCN(C(=O)COC(=O)c2ccc(NC3CC3)nc2)CC1. The molecule has 2 aliphatic rings. The number of para-hydroxylation sites is 1. The number of nitrogens with one attached hydrogen (secondary N) is 2. The summed E-state index contributed by atoms with van der Waals surface area (Å²) in [6.45, 7) is 6.03. The van der Waals surface area contributed by atoms with E-state index in [0.29, 0.717) is 37.8 Å². The molecule has 9 heteroatoms. The Bertz CT molecular complexity index is 1020. The van der Waals surface area contributed by atoms with E-state index >= 15 is 0 Å². The topological polar surface area (TPSA) is 104 Å². The normalized spacial score (nSPS) is 16.1. The van der Waals surface area contributed by atoms with Gasteiger partial charge in [0.05, 0.1) is 12.1 Å². The van der Waals surface area contributed by atoms with E-state index in [1.807, 2.05) is 36.9 Å². The Morgan fingerprint density at radius 3 is 2.35 bits per heavy atom. The molecule has 1 aromatic heterocycles. The van der Waals surface area contributed by atoms with Crippen molar-refractivity contribution in [3.8, 4) is 0 Å². The van der Waals surface area contributed by atoms with Gasteiger partial charge >= 0.3 is 5.97 Å². The number of amides is 2. The van der Waals surface area contributed by atoms with Gasteiger partial charge in [-0.25, -0.2) is 9.78 Å². The Labute approximate surface area is 199 Å². The summed E-state index contributed by atoms with van der Waals surface area (Å²) in [4.78, 5) is 45.1. The molecule has 1 saturated carbocycles. The van der Waals surface area contributed by atoms with Gasteiger partial charge in [-0.15, -0.1) is 0 Å². The standard InChI is InChI=1S/C25H31N5O4/c1-17-4-3-5-18(2)24(17)28-22(31)15-29-10-12-30(13-11-29)23(32)16-34-25(33)19-6-9-21(26-14-19)27-20-7-8-20/h3-6,9,14,20H,7-8,10-13,15-16H2,1-2H3,(H,26,27)(H,28,31). The lowest BCUT2D eigenvalue weighted by Crippen LogP contribution is -2.51. The number of esters is 1. The number of ether oxygens (including phenoxy) is 1. The van der Waals surface area contributed by atoms with E-state index in [0.717, 1.165) is 35.5 Å². The van der Waals surface area contributed by atoms with E-state index in [2.05, 4.69) is 15.6 Å². The minimum absolute atomic E-state index is 0.0712. The Morgan fingerprint density at radius 1 is 1.03 bits per heavy atom. The molecule has 34 heavy (non-hydrogen) atoms. The second-order valence-electron chi connectivity index (χ2n) is 8.90. The lowest BCUT2D eigenvalue weighted by molar-refractivity contribution is -0.136. The fraction of sp³-hybridized carbons (Fsp3) is 0.440. The van der Waals surface area contributed by atoms with Gasteiger partial charge in [0, 0.05) is 44.1 Å². The first-order chi connectivity index (χ1) is 16.4. The van der Waals surface area contributed by atoms with E-state index in [4.69, 9.17) is 4.74 Å². The minimum Gasteiger partial charge on any atom is -0.452 e. The largest absolute Gasteiger partial charge is 0.452 e. The van der Waals surface area contributed by atoms with E-state index in [1.54, 1.807) is 17.0 Å². The number of hydrogen-bond donors (Lipinski definition) is 2. The van der Waals surface area contributed by atoms with Crippen molar-refractivity contribution in [1.82, 2.24) is 14.8 Å². The Balaban J connectivity index is 1.17. The van der Waals surface area contributed by atoms with Crippen molar-refractivity contribution in [1.29, 1.82) is 0 Å². The number of carbonyl (C=O) groups is 3. The summed E-state index contributed by atoms with van der Waals surface area (Å²) in [6.07, 6.45) is 3.74. The van der Waals surface area contributed by atoms with Crippen LogP contribution in [0, 0.1) is 13.8 Å². The van der Waals surface area contributed by atoms with Gasteiger partial charge in [0.2, 0.25) is 5.91 Å². The molecule has 1 saturated heterocycles. The third kappa shape index (κ3) is 6.32. The number of rotatable bonds is 8. The molecule has 1 aromatic carbocycles. The maximum atomic E-state index is 12.5. The highest BCUT2D eigenvalue weighted by molar-refractivity contribution is 5.94. The smallest absolute Gasteiger partial charge is 0.340 e. The molecule has 0 spiro atoms. The molecule has 0 unspecified atom stereocenters. The highest BCUT2D eigenvalue weighted by Crippen LogP contribution is 2.23. The summed E-state index contributed by atoms with van der Waals surface area (Å²) >= 11 is 0. The second-order valence-corrected chi connectivity index (χ2v) is 8.90. The van der Waals surface area contributed by atoms with Crippen LogP contribution in [0.3, 0.4) is 0 Å². The Hall–Kier alpha value is -3.46. The van der Waals surface area contributed by atoms with Crippen molar-refractivity contribution in [2.45, 2.75) is 32.7 Å². The monoisotopic (exact) mass is 465 g/mol. The van der Waals surface area contributed by atoms with Crippen molar-refractivity contribution >= 4 is 29.3 Å². The average Bonchev–Trinajstić information content (AvgIpc) is 3.65. The van der Waals surface area contributed by atoms with Crippen molar-refractivity contribution < 1.29 is 19.1 Å². The third-order valence-corrected chi connectivity index (χ3v) is 6.09. The molecule has 2 amide bonds. The number of benzene rings is 1.